The van der Waals surface area contributed by atoms with Crippen molar-refractivity contribution < 1.29 is 4.74 Å². The summed E-state index contributed by atoms with van der Waals surface area (Å²) in [5.74, 6) is 2.68. The smallest absolute Gasteiger partial charge is 0.0500 e. The van der Waals surface area contributed by atoms with Gasteiger partial charge in [0.05, 0.1) is 6.61 Å². The number of terminal acetylenes is 1. The van der Waals surface area contributed by atoms with Crippen molar-refractivity contribution in [1.29, 1.82) is 0 Å². The molecule has 0 aliphatic heterocycles. The van der Waals surface area contributed by atoms with Gasteiger partial charge in [0, 0.05) is 17.2 Å². The minimum absolute atomic E-state index is 0.704. The van der Waals surface area contributed by atoms with Crippen molar-refractivity contribution in [3.63, 3.8) is 0 Å². The second kappa shape index (κ2) is 7.11. The topological polar surface area (TPSA) is 9.23 Å². The number of rotatable bonds is 5. The predicted octanol–water partition coefficient (Wildman–Crippen LogP) is 3.78. The molecular formula is C14H15ClO. The Morgan fingerprint density at radius 3 is 2.69 bits per heavy atom. The van der Waals surface area contributed by atoms with Crippen molar-refractivity contribution in [2.45, 2.75) is 13.3 Å². The average molecular weight is 235 g/mol. The summed E-state index contributed by atoms with van der Waals surface area (Å²) in [5, 5.41) is 0.717. The van der Waals surface area contributed by atoms with Gasteiger partial charge < -0.3 is 4.74 Å². The molecule has 0 aliphatic carbocycles. The fraction of sp³-hybridized carbons (Fsp3) is 0.286. The van der Waals surface area contributed by atoms with Gasteiger partial charge in [-0.15, -0.1) is 6.42 Å². The van der Waals surface area contributed by atoms with E-state index >= 15 is 0 Å². The molecule has 1 aromatic rings. The summed E-state index contributed by atoms with van der Waals surface area (Å²) in [4.78, 5) is 0. The summed E-state index contributed by atoms with van der Waals surface area (Å²) in [6.07, 6.45) is 8.31. The van der Waals surface area contributed by atoms with Crippen molar-refractivity contribution >= 4 is 17.2 Å². The van der Waals surface area contributed by atoms with Gasteiger partial charge in [0.15, 0.2) is 0 Å². The quantitative estimate of drug-likeness (QED) is 0.557. The number of hydrogen-bond acceptors (Lipinski definition) is 1. The lowest BCUT2D eigenvalue weighted by atomic mass is 10.1. The second-order valence-corrected chi connectivity index (χ2v) is 3.69. The van der Waals surface area contributed by atoms with Crippen molar-refractivity contribution in [2.75, 3.05) is 13.2 Å². The van der Waals surface area contributed by atoms with E-state index in [4.69, 9.17) is 22.8 Å². The molecule has 16 heavy (non-hydrogen) atoms. The fourth-order valence-electron chi connectivity index (χ4n) is 1.32. The molecule has 1 rings (SSSR count). The Balaban J connectivity index is 2.67. The van der Waals surface area contributed by atoms with Crippen LogP contribution in [0, 0.1) is 12.3 Å². The molecule has 0 unspecified atom stereocenters. The van der Waals surface area contributed by atoms with Crippen molar-refractivity contribution in [3.05, 3.63) is 40.9 Å². The van der Waals surface area contributed by atoms with Gasteiger partial charge in [0.1, 0.15) is 0 Å². The van der Waals surface area contributed by atoms with Crippen LogP contribution in [0.4, 0.5) is 0 Å². The van der Waals surface area contributed by atoms with E-state index < -0.39 is 0 Å². The van der Waals surface area contributed by atoms with Crippen LogP contribution in [0.25, 0.3) is 5.57 Å². The van der Waals surface area contributed by atoms with Crippen LogP contribution in [-0.2, 0) is 4.74 Å². The zero-order valence-electron chi connectivity index (χ0n) is 9.37. The van der Waals surface area contributed by atoms with Crippen LogP contribution in [0.1, 0.15) is 18.9 Å². The van der Waals surface area contributed by atoms with E-state index in [1.54, 1.807) is 0 Å². The molecule has 0 fully saturated rings. The van der Waals surface area contributed by atoms with E-state index in [0.717, 1.165) is 29.2 Å². The van der Waals surface area contributed by atoms with Gasteiger partial charge in [-0.05, 0) is 31.0 Å². The summed E-state index contributed by atoms with van der Waals surface area (Å²) in [6, 6.07) is 7.53. The van der Waals surface area contributed by atoms with Crippen molar-refractivity contribution in [3.8, 4) is 12.3 Å². The van der Waals surface area contributed by atoms with Gasteiger partial charge in [-0.2, -0.15) is 0 Å². The maximum absolute atomic E-state index is 5.81. The van der Waals surface area contributed by atoms with Crippen LogP contribution in [0.3, 0.4) is 0 Å². The van der Waals surface area contributed by atoms with Gasteiger partial charge in [-0.1, -0.05) is 35.7 Å². The first kappa shape index (κ1) is 12.8. The Labute approximate surface area is 102 Å². The standard InChI is InChI=1S/C14H15ClO/c1-3-12(6-5-11-16-4-2)13-7-9-14(15)10-8-13/h1,6-10H,4-5,11H2,2H3/b12-6-. The monoisotopic (exact) mass is 234 g/mol. The molecular weight excluding hydrogens is 220 g/mol. The SMILES string of the molecule is C#C/C(=C/CCOCC)c1ccc(Cl)cc1. The summed E-state index contributed by atoms with van der Waals surface area (Å²) < 4.78 is 5.25. The number of benzene rings is 1. The normalized spacial score (nSPS) is 11.2. The zero-order chi connectivity index (χ0) is 11.8. The molecule has 1 nitrogen and oxygen atoms in total. The Kier molecular flexibility index (Phi) is 5.71. The molecule has 0 saturated heterocycles. The largest absolute Gasteiger partial charge is 0.381 e. The average Bonchev–Trinajstić information content (AvgIpc) is 2.31. The first-order chi connectivity index (χ1) is 7.77. The van der Waals surface area contributed by atoms with E-state index in [-0.39, 0.29) is 0 Å². The van der Waals surface area contributed by atoms with Crippen LogP contribution in [0.2, 0.25) is 5.02 Å². The molecule has 0 radical (unpaired) electrons. The molecule has 84 valence electrons. The molecule has 0 heterocycles. The highest BCUT2D eigenvalue weighted by molar-refractivity contribution is 6.30. The second-order valence-electron chi connectivity index (χ2n) is 3.25. The summed E-state index contributed by atoms with van der Waals surface area (Å²) in [6.45, 7) is 3.42. The number of ether oxygens (including phenoxy) is 1. The third-order valence-electron chi connectivity index (χ3n) is 2.13. The highest BCUT2D eigenvalue weighted by Crippen LogP contribution is 2.17. The highest BCUT2D eigenvalue weighted by Gasteiger charge is 1.97. The molecule has 0 amide bonds. The third-order valence-corrected chi connectivity index (χ3v) is 2.38. The highest BCUT2D eigenvalue weighted by atomic mass is 35.5. The first-order valence-corrected chi connectivity index (χ1v) is 5.66. The lowest BCUT2D eigenvalue weighted by molar-refractivity contribution is 0.152. The molecule has 0 atom stereocenters. The number of halogens is 1. The fourth-order valence-corrected chi connectivity index (χ4v) is 1.45. The van der Waals surface area contributed by atoms with Gasteiger partial charge in [0.25, 0.3) is 0 Å². The van der Waals surface area contributed by atoms with E-state index in [0.29, 0.717) is 6.61 Å². The molecule has 0 bridgehead atoms. The lowest BCUT2D eigenvalue weighted by Crippen LogP contribution is -1.91. The van der Waals surface area contributed by atoms with Crippen LogP contribution >= 0.6 is 11.6 Å². The van der Waals surface area contributed by atoms with E-state index in [9.17, 15) is 0 Å². The first-order valence-electron chi connectivity index (χ1n) is 5.28. The van der Waals surface area contributed by atoms with E-state index in [1.165, 1.54) is 0 Å². The zero-order valence-corrected chi connectivity index (χ0v) is 10.1. The molecule has 0 aromatic heterocycles. The maximum Gasteiger partial charge on any atom is 0.0500 e. The van der Waals surface area contributed by atoms with E-state index in [1.807, 2.05) is 37.3 Å². The Morgan fingerprint density at radius 1 is 1.44 bits per heavy atom. The van der Waals surface area contributed by atoms with Crippen molar-refractivity contribution in [1.82, 2.24) is 0 Å². The predicted molar refractivity (Wildman–Crippen MR) is 69.4 cm³/mol. The Hall–Kier alpha value is -1.23. The molecule has 1 aromatic carbocycles. The molecule has 0 spiro atoms. The van der Waals surface area contributed by atoms with Gasteiger partial charge in [0.2, 0.25) is 0 Å². The van der Waals surface area contributed by atoms with Crippen LogP contribution in [-0.4, -0.2) is 13.2 Å². The maximum atomic E-state index is 5.81. The van der Waals surface area contributed by atoms with Crippen molar-refractivity contribution in [2.24, 2.45) is 0 Å². The minimum atomic E-state index is 0.704. The van der Waals surface area contributed by atoms with E-state index in [2.05, 4.69) is 5.92 Å². The Bertz CT molecular complexity index is 384. The number of allylic oxidation sites excluding steroid dienone is 1. The van der Waals surface area contributed by atoms with Crippen LogP contribution in [0.5, 0.6) is 0 Å². The van der Waals surface area contributed by atoms with Gasteiger partial charge >= 0.3 is 0 Å². The van der Waals surface area contributed by atoms with Gasteiger partial charge in [-0.3, -0.25) is 0 Å². The molecule has 0 N–H and O–H groups in total. The summed E-state index contributed by atoms with van der Waals surface area (Å²) in [5.41, 5.74) is 1.90. The molecule has 2 heteroatoms. The molecule has 0 saturated carbocycles. The van der Waals surface area contributed by atoms with Gasteiger partial charge in [-0.25, -0.2) is 0 Å². The number of hydrogen-bond donors (Lipinski definition) is 0. The van der Waals surface area contributed by atoms with Crippen LogP contribution < -0.4 is 0 Å². The third kappa shape index (κ3) is 4.10. The molecule has 0 aliphatic rings. The Morgan fingerprint density at radius 2 is 2.12 bits per heavy atom. The van der Waals surface area contributed by atoms with Crippen LogP contribution in [0.15, 0.2) is 30.3 Å². The lowest BCUT2D eigenvalue weighted by Gasteiger charge is -2.01. The summed E-state index contributed by atoms with van der Waals surface area (Å²) in [7, 11) is 0. The summed E-state index contributed by atoms with van der Waals surface area (Å²) >= 11 is 5.81. The minimum Gasteiger partial charge on any atom is -0.381 e.